The Balaban J connectivity index is 2.88. The molecule has 0 aliphatic rings. The van der Waals surface area contributed by atoms with Crippen molar-refractivity contribution >= 4 is 44.1 Å². The van der Waals surface area contributed by atoms with Gasteiger partial charge in [0.15, 0.2) is 8.83 Å². The zero-order chi connectivity index (χ0) is 8.72. The predicted molar refractivity (Wildman–Crippen MR) is 57.0 cm³/mol. The maximum atomic E-state index is 13.2. The molecule has 0 spiro atoms. The standard InChI is InChI=1S/C8H5FINS/c1-4-2-5(9)7-6(3-4)12-8(10)11-7/h2-3H,1H3. The third-order valence-electron chi connectivity index (χ3n) is 1.57. The lowest BCUT2D eigenvalue weighted by molar-refractivity contribution is 0.636. The van der Waals surface area contributed by atoms with E-state index in [1.54, 1.807) is 0 Å². The average molecular weight is 293 g/mol. The maximum absolute atomic E-state index is 13.2. The van der Waals surface area contributed by atoms with E-state index in [9.17, 15) is 4.39 Å². The summed E-state index contributed by atoms with van der Waals surface area (Å²) in [5.74, 6) is -0.218. The third kappa shape index (κ3) is 1.33. The van der Waals surface area contributed by atoms with Crippen LogP contribution in [0.3, 0.4) is 0 Å². The molecule has 0 saturated heterocycles. The van der Waals surface area contributed by atoms with Crippen LogP contribution in [0.5, 0.6) is 0 Å². The average Bonchev–Trinajstić information content (AvgIpc) is 2.29. The van der Waals surface area contributed by atoms with Crippen molar-refractivity contribution in [2.24, 2.45) is 0 Å². The van der Waals surface area contributed by atoms with Crippen molar-refractivity contribution in [3.8, 4) is 0 Å². The molecule has 0 aliphatic carbocycles. The molecule has 2 rings (SSSR count). The number of nitrogens with zero attached hydrogens (tertiary/aromatic N) is 1. The largest absolute Gasteiger partial charge is 0.227 e. The van der Waals surface area contributed by atoms with Crippen molar-refractivity contribution in [1.82, 2.24) is 4.98 Å². The van der Waals surface area contributed by atoms with E-state index in [-0.39, 0.29) is 5.82 Å². The summed E-state index contributed by atoms with van der Waals surface area (Å²) in [5.41, 5.74) is 1.44. The molecule has 12 heavy (non-hydrogen) atoms. The number of hydrogen-bond acceptors (Lipinski definition) is 2. The van der Waals surface area contributed by atoms with Gasteiger partial charge in [-0.2, -0.15) is 0 Å². The maximum Gasteiger partial charge on any atom is 0.155 e. The first-order chi connectivity index (χ1) is 5.66. The number of hydrogen-bond donors (Lipinski definition) is 0. The first-order valence-corrected chi connectivity index (χ1v) is 5.28. The number of thiazole rings is 1. The number of aryl methyl sites for hydroxylation is 1. The minimum atomic E-state index is -0.218. The Morgan fingerprint density at radius 3 is 3.00 bits per heavy atom. The second-order valence-electron chi connectivity index (χ2n) is 2.56. The van der Waals surface area contributed by atoms with Crippen LogP contribution in [0, 0.1) is 15.8 Å². The minimum Gasteiger partial charge on any atom is -0.227 e. The van der Waals surface area contributed by atoms with Crippen LogP contribution in [0.4, 0.5) is 4.39 Å². The molecule has 1 nitrogen and oxygen atoms in total. The van der Waals surface area contributed by atoms with Gasteiger partial charge >= 0.3 is 0 Å². The molecule has 0 bridgehead atoms. The van der Waals surface area contributed by atoms with E-state index in [2.05, 4.69) is 27.6 Å². The second-order valence-corrected chi connectivity index (χ2v) is 5.34. The molecule has 0 fully saturated rings. The molecular weight excluding hydrogens is 288 g/mol. The molecule has 0 N–H and O–H groups in total. The lowest BCUT2D eigenvalue weighted by Crippen LogP contribution is -1.79. The van der Waals surface area contributed by atoms with Gasteiger partial charge in [-0.05, 0) is 47.2 Å². The van der Waals surface area contributed by atoms with Crippen molar-refractivity contribution in [3.63, 3.8) is 0 Å². The molecule has 0 unspecified atom stereocenters. The molecule has 4 heteroatoms. The first kappa shape index (κ1) is 8.37. The summed E-state index contributed by atoms with van der Waals surface area (Å²) >= 11 is 3.62. The number of halogens is 2. The van der Waals surface area contributed by atoms with Crippen LogP contribution in [-0.4, -0.2) is 4.98 Å². The summed E-state index contributed by atoms with van der Waals surface area (Å²) in [6.07, 6.45) is 0. The highest BCUT2D eigenvalue weighted by Gasteiger charge is 2.06. The zero-order valence-electron chi connectivity index (χ0n) is 6.27. The van der Waals surface area contributed by atoms with Gasteiger partial charge in [-0.3, -0.25) is 0 Å². The summed E-state index contributed by atoms with van der Waals surface area (Å²) in [6.45, 7) is 1.88. The van der Waals surface area contributed by atoms with Gasteiger partial charge in [-0.1, -0.05) is 0 Å². The molecule has 1 aromatic carbocycles. The Morgan fingerprint density at radius 1 is 1.50 bits per heavy atom. The van der Waals surface area contributed by atoms with E-state index in [1.165, 1.54) is 17.4 Å². The summed E-state index contributed by atoms with van der Waals surface area (Å²) in [5, 5.41) is 0. The van der Waals surface area contributed by atoms with Crippen LogP contribution in [-0.2, 0) is 0 Å². The molecule has 2 aromatic rings. The van der Waals surface area contributed by atoms with Crippen molar-refractivity contribution in [3.05, 3.63) is 26.5 Å². The van der Waals surface area contributed by atoms with Crippen molar-refractivity contribution in [1.29, 1.82) is 0 Å². The van der Waals surface area contributed by atoms with Crippen molar-refractivity contribution in [2.75, 3.05) is 0 Å². The van der Waals surface area contributed by atoms with Gasteiger partial charge in [0.05, 0.1) is 4.70 Å². The van der Waals surface area contributed by atoms with Crippen molar-refractivity contribution < 1.29 is 4.39 Å². The Labute approximate surface area is 86.8 Å². The van der Waals surface area contributed by atoms with Gasteiger partial charge in [0.25, 0.3) is 0 Å². The fourth-order valence-electron chi connectivity index (χ4n) is 1.09. The first-order valence-electron chi connectivity index (χ1n) is 3.39. The van der Waals surface area contributed by atoms with E-state index < -0.39 is 0 Å². The Kier molecular flexibility index (Phi) is 2.04. The minimum absolute atomic E-state index is 0.218. The second kappa shape index (κ2) is 2.92. The number of rotatable bonds is 0. The van der Waals surface area contributed by atoms with Crippen LogP contribution >= 0.6 is 33.9 Å². The molecule has 62 valence electrons. The van der Waals surface area contributed by atoms with Crippen molar-refractivity contribution in [2.45, 2.75) is 6.92 Å². The summed E-state index contributed by atoms with van der Waals surface area (Å²) in [4.78, 5) is 4.08. The fourth-order valence-corrected chi connectivity index (χ4v) is 2.85. The summed E-state index contributed by atoms with van der Waals surface area (Å²) in [6, 6.07) is 3.47. The van der Waals surface area contributed by atoms with E-state index in [0.717, 1.165) is 13.3 Å². The highest BCUT2D eigenvalue weighted by Crippen LogP contribution is 2.26. The summed E-state index contributed by atoms with van der Waals surface area (Å²) < 4.78 is 15.0. The molecule has 0 amide bonds. The lowest BCUT2D eigenvalue weighted by Gasteiger charge is -1.92. The SMILES string of the molecule is Cc1cc(F)c2nc(I)sc2c1. The molecule has 1 aromatic heterocycles. The topological polar surface area (TPSA) is 12.9 Å². The van der Waals surface area contributed by atoms with Crippen LogP contribution in [0.2, 0.25) is 0 Å². The highest BCUT2D eigenvalue weighted by atomic mass is 127. The molecule has 0 saturated carbocycles. The van der Waals surface area contributed by atoms with Crippen LogP contribution < -0.4 is 0 Å². The predicted octanol–water partition coefficient (Wildman–Crippen LogP) is 3.35. The number of fused-ring (bicyclic) bond motifs is 1. The van der Waals surface area contributed by atoms with Gasteiger partial charge in [0.2, 0.25) is 0 Å². The highest BCUT2D eigenvalue weighted by molar-refractivity contribution is 14.1. The van der Waals surface area contributed by atoms with E-state index >= 15 is 0 Å². The number of benzene rings is 1. The van der Waals surface area contributed by atoms with Crippen LogP contribution in [0.1, 0.15) is 5.56 Å². The van der Waals surface area contributed by atoms with Gasteiger partial charge in [-0.15, -0.1) is 11.3 Å². The van der Waals surface area contributed by atoms with Crippen LogP contribution in [0.15, 0.2) is 12.1 Å². The van der Waals surface area contributed by atoms with Gasteiger partial charge in [-0.25, -0.2) is 9.37 Å². The molecular formula is C8H5FINS. The van der Waals surface area contributed by atoms with Gasteiger partial charge in [0.1, 0.15) is 5.52 Å². The van der Waals surface area contributed by atoms with Gasteiger partial charge < -0.3 is 0 Å². The molecule has 0 radical (unpaired) electrons. The number of aromatic nitrogens is 1. The Bertz CT molecular complexity index is 438. The molecule has 0 atom stereocenters. The monoisotopic (exact) mass is 293 g/mol. The van der Waals surface area contributed by atoms with E-state index in [0.29, 0.717) is 5.52 Å². The Hall–Kier alpha value is -0.230. The fraction of sp³-hybridized carbons (Fsp3) is 0.125. The zero-order valence-corrected chi connectivity index (χ0v) is 9.24. The lowest BCUT2D eigenvalue weighted by atomic mass is 10.2. The van der Waals surface area contributed by atoms with E-state index in [1.807, 2.05) is 13.0 Å². The molecule has 1 heterocycles. The normalized spacial score (nSPS) is 10.9. The quantitative estimate of drug-likeness (QED) is 0.679. The van der Waals surface area contributed by atoms with Crippen LogP contribution in [0.25, 0.3) is 10.2 Å². The molecule has 0 aliphatic heterocycles. The Morgan fingerprint density at radius 2 is 2.25 bits per heavy atom. The smallest absolute Gasteiger partial charge is 0.155 e. The van der Waals surface area contributed by atoms with Gasteiger partial charge in [0, 0.05) is 0 Å². The van der Waals surface area contributed by atoms with E-state index in [4.69, 9.17) is 0 Å². The summed E-state index contributed by atoms with van der Waals surface area (Å²) in [7, 11) is 0. The third-order valence-corrected chi connectivity index (χ3v) is 3.26.